The predicted molar refractivity (Wildman–Crippen MR) is 65.8 cm³/mol. The van der Waals surface area contributed by atoms with Crippen LogP contribution in [0.1, 0.15) is 19.3 Å². The molecule has 0 aliphatic carbocycles. The molecule has 16 heavy (non-hydrogen) atoms. The van der Waals surface area contributed by atoms with Crippen LogP contribution in [0.25, 0.3) is 0 Å². The Hall–Kier alpha value is -0.160. The minimum Gasteiger partial charge on any atom is -0.383 e. The van der Waals surface area contributed by atoms with Gasteiger partial charge in [-0.25, -0.2) is 0 Å². The van der Waals surface area contributed by atoms with Crippen LogP contribution in [-0.4, -0.2) is 64.6 Å². The van der Waals surface area contributed by atoms with Crippen LogP contribution in [0.15, 0.2) is 0 Å². The number of hydrogen-bond acceptors (Lipinski definition) is 4. The zero-order valence-electron chi connectivity index (χ0n) is 10.9. The Morgan fingerprint density at radius 3 is 2.88 bits per heavy atom. The van der Waals surface area contributed by atoms with Crippen LogP contribution in [0, 0.1) is 0 Å². The van der Waals surface area contributed by atoms with Gasteiger partial charge in [0.1, 0.15) is 0 Å². The van der Waals surface area contributed by atoms with Crippen LogP contribution in [0.4, 0.5) is 0 Å². The summed E-state index contributed by atoms with van der Waals surface area (Å²) >= 11 is 0. The number of hydrogen-bond donors (Lipinski definition) is 1. The van der Waals surface area contributed by atoms with E-state index in [2.05, 4.69) is 17.3 Å². The van der Waals surface area contributed by atoms with E-state index in [9.17, 15) is 0 Å². The lowest BCUT2D eigenvalue weighted by atomic mass is 10.1. The van der Waals surface area contributed by atoms with Crippen LogP contribution < -0.4 is 5.32 Å². The lowest BCUT2D eigenvalue weighted by Gasteiger charge is -2.29. The zero-order chi connectivity index (χ0) is 11.8. The standard InChI is InChI=1S/C12H26N2O2/c1-13-11(10-15-3)8-14(2)9-12-6-4-5-7-16-12/h11-13H,4-10H2,1-3H3. The predicted octanol–water partition coefficient (Wildman–Crippen LogP) is 0.722. The van der Waals surface area contributed by atoms with E-state index in [1.807, 2.05) is 7.05 Å². The summed E-state index contributed by atoms with van der Waals surface area (Å²) < 4.78 is 10.9. The molecule has 1 saturated heterocycles. The Morgan fingerprint density at radius 1 is 1.50 bits per heavy atom. The minimum atomic E-state index is 0.401. The molecule has 0 spiro atoms. The fourth-order valence-electron chi connectivity index (χ4n) is 2.18. The SMILES string of the molecule is CNC(COC)CN(C)CC1CCCCO1. The number of nitrogens with one attached hydrogen (secondary N) is 1. The third-order valence-corrected chi connectivity index (χ3v) is 3.10. The molecule has 0 aromatic carbocycles. The van der Waals surface area contributed by atoms with Gasteiger partial charge in [0.05, 0.1) is 12.7 Å². The second-order valence-corrected chi connectivity index (χ2v) is 4.65. The Bertz CT molecular complexity index is 166. The molecule has 96 valence electrons. The maximum atomic E-state index is 5.73. The highest BCUT2D eigenvalue weighted by molar-refractivity contribution is 4.72. The first kappa shape index (κ1) is 13.9. The van der Waals surface area contributed by atoms with E-state index in [0.717, 1.165) is 26.3 Å². The second kappa shape index (κ2) is 8.01. The summed E-state index contributed by atoms with van der Waals surface area (Å²) in [6.45, 7) is 3.73. The van der Waals surface area contributed by atoms with Crippen molar-refractivity contribution in [2.24, 2.45) is 0 Å². The Morgan fingerprint density at radius 2 is 2.31 bits per heavy atom. The van der Waals surface area contributed by atoms with Crippen molar-refractivity contribution < 1.29 is 9.47 Å². The highest BCUT2D eigenvalue weighted by Crippen LogP contribution is 2.13. The van der Waals surface area contributed by atoms with E-state index >= 15 is 0 Å². The first-order chi connectivity index (χ1) is 7.76. The fourth-order valence-corrected chi connectivity index (χ4v) is 2.18. The van der Waals surface area contributed by atoms with E-state index in [0.29, 0.717) is 12.1 Å². The van der Waals surface area contributed by atoms with Gasteiger partial charge in [0, 0.05) is 32.8 Å². The maximum absolute atomic E-state index is 5.73. The molecule has 2 unspecified atom stereocenters. The van der Waals surface area contributed by atoms with Crippen LogP contribution in [0.3, 0.4) is 0 Å². The summed E-state index contributed by atoms with van der Waals surface area (Å²) in [6, 6.07) is 0.401. The number of likely N-dealkylation sites (N-methyl/N-ethyl adjacent to an activating group) is 2. The summed E-state index contributed by atoms with van der Waals surface area (Å²) in [5.74, 6) is 0. The summed E-state index contributed by atoms with van der Waals surface area (Å²) in [4.78, 5) is 2.33. The topological polar surface area (TPSA) is 33.7 Å². The minimum absolute atomic E-state index is 0.401. The van der Waals surface area contributed by atoms with Crippen molar-refractivity contribution >= 4 is 0 Å². The number of rotatable bonds is 7. The zero-order valence-corrected chi connectivity index (χ0v) is 10.9. The Labute approximate surface area is 99.3 Å². The molecule has 4 nitrogen and oxygen atoms in total. The molecule has 0 radical (unpaired) electrons. The van der Waals surface area contributed by atoms with Crippen molar-refractivity contribution in [1.29, 1.82) is 0 Å². The largest absolute Gasteiger partial charge is 0.383 e. The van der Waals surface area contributed by atoms with E-state index in [1.165, 1.54) is 19.3 Å². The van der Waals surface area contributed by atoms with Crippen molar-refractivity contribution in [3.8, 4) is 0 Å². The third-order valence-electron chi connectivity index (χ3n) is 3.10. The maximum Gasteiger partial charge on any atom is 0.0701 e. The molecule has 1 aliphatic heterocycles. The third kappa shape index (κ3) is 5.25. The van der Waals surface area contributed by atoms with Crippen molar-refractivity contribution in [1.82, 2.24) is 10.2 Å². The summed E-state index contributed by atoms with van der Waals surface area (Å²) in [6.07, 6.45) is 4.17. The molecule has 0 amide bonds. The highest BCUT2D eigenvalue weighted by Gasteiger charge is 2.17. The molecule has 0 bridgehead atoms. The van der Waals surface area contributed by atoms with Crippen LogP contribution in [0.2, 0.25) is 0 Å². The smallest absolute Gasteiger partial charge is 0.0701 e. The Kier molecular flexibility index (Phi) is 6.96. The van der Waals surface area contributed by atoms with Gasteiger partial charge in [0.15, 0.2) is 0 Å². The summed E-state index contributed by atoms with van der Waals surface area (Å²) in [5, 5.41) is 3.26. The lowest BCUT2D eigenvalue weighted by molar-refractivity contribution is -0.00379. The second-order valence-electron chi connectivity index (χ2n) is 4.65. The van der Waals surface area contributed by atoms with Crippen molar-refractivity contribution in [2.45, 2.75) is 31.4 Å². The van der Waals surface area contributed by atoms with Gasteiger partial charge in [-0.2, -0.15) is 0 Å². The van der Waals surface area contributed by atoms with Crippen molar-refractivity contribution in [3.05, 3.63) is 0 Å². The van der Waals surface area contributed by atoms with Gasteiger partial charge in [-0.05, 0) is 33.4 Å². The summed E-state index contributed by atoms with van der Waals surface area (Å²) in [7, 11) is 5.88. The van der Waals surface area contributed by atoms with Gasteiger partial charge in [0.25, 0.3) is 0 Å². The van der Waals surface area contributed by atoms with Gasteiger partial charge < -0.3 is 19.7 Å². The molecule has 1 rings (SSSR count). The lowest BCUT2D eigenvalue weighted by Crippen LogP contribution is -2.43. The molecular formula is C12H26N2O2. The van der Waals surface area contributed by atoms with E-state index in [4.69, 9.17) is 9.47 Å². The van der Waals surface area contributed by atoms with Crippen LogP contribution in [-0.2, 0) is 9.47 Å². The number of nitrogens with zero attached hydrogens (tertiary/aromatic N) is 1. The first-order valence-electron chi connectivity index (χ1n) is 6.22. The molecule has 1 heterocycles. The molecule has 4 heteroatoms. The average molecular weight is 230 g/mol. The van der Waals surface area contributed by atoms with E-state index in [-0.39, 0.29) is 0 Å². The molecule has 0 aromatic heterocycles. The van der Waals surface area contributed by atoms with Crippen LogP contribution >= 0.6 is 0 Å². The van der Waals surface area contributed by atoms with Crippen molar-refractivity contribution in [3.63, 3.8) is 0 Å². The first-order valence-corrected chi connectivity index (χ1v) is 6.22. The fraction of sp³-hybridized carbons (Fsp3) is 1.00. The average Bonchev–Trinajstić information content (AvgIpc) is 2.29. The molecule has 1 N–H and O–H groups in total. The molecule has 0 aromatic rings. The monoisotopic (exact) mass is 230 g/mol. The van der Waals surface area contributed by atoms with Gasteiger partial charge in [-0.3, -0.25) is 0 Å². The number of methoxy groups -OCH3 is 1. The molecule has 2 atom stereocenters. The normalized spacial score (nSPS) is 23.6. The quantitative estimate of drug-likeness (QED) is 0.699. The van der Waals surface area contributed by atoms with E-state index < -0.39 is 0 Å². The highest BCUT2D eigenvalue weighted by atomic mass is 16.5. The van der Waals surface area contributed by atoms with Gasteiger partial charge in [0.2, 0.25) is 0 Å². The van der Waals surface area contributed by atoms with Gasteiger partial charge >= 0.3 is 0 Å². The Balaban J connectivity index is 2.19. The summed E-state index contributed by atoms with van der Waals surface area (Å²) in [5.41, 5.74) is 0. The molecule has 1 aliphatic rings. The molecule has 1 fully saturated rings. The van der Waals surface area contributed by atoms with Gasteiger partial charge in [-0.1, -0.05) is 0 Å². The van der Waals surface area contributed by atoms with Crippen LogP contribution in [0.5, 0.6) is 0 Å². The van der Waals surface area contributed by atoms with E-state index in [1.54, 1.807) is 7.11 Å². The van der Waals surface area contributed by atoms with Gasteiger partial charge in [-0.15, -0.1) is 0 Å². The molecule has 0 saturated carbocycles. The number of ether oxygens (including phenoxy) is 2. The van der Waals surface area contributed by atoms with Crippen molar-refractivity contribution in [2.75, 3.05) is 47.5 Å². The molecular weight excluding hydrogens is 204 g/mol.